The van der Waals surface area contributed by atoms with Gasteiger partial charge in [-0.15, -0.1) is 17.9 Å². The SMILES string of the molecule is C=CCCC(=O)N1Cc2cc(C(=O)NCCO)c(=O)[nH]c2C1.Cc1nc2ccccc2s1. The minimum Gasteiger partial charge on any atom is -0.395 e. The summed E-state index contributed by atoms with van der Waals surface area (Å²) in [6, 6.07) is 9.71. The molecule has 9 heteroatoms. The first kappa shape index (κ1) is 23.4. The largest absolute Gasteiger partial charge is 0.395 e. The van der Waals surface area contributed by atoms with E-state index in [1.807, 2.05) is 25.1 Å². The van der Waals surface area contributed by atoms with Crippen LogP contribution in [0.2, 0.25) is 0 Å². The number of hydrogen-bond acceptors (Lipinski definition) is 6. The van der Waals surface area contributed by atoms with E-state index < -0.39 is 11.5 Å². The lowest BCUT2D eigenvalue weighted by Crippen LogP contribution is -2.32. The van der Waals surface area contributed by atoms with E-state index in [1.54, 1.807) is 22.3 Å². The fraction of sp³-hybridized carbons (Fsp3) is 0.304. The third kappa shape index (κ3) is 5.68. The maximum absolute atomic E-state index is 12.0. The van der Waals surface area contributed by atoms with Gasteiger partial charge in [-0.2, -0.15) is 0 Å². The van der Waals surface area contributed by atoms with Gasteiger partial charge >= 0.3 is 0 Å². The number of H-pyrrole nitrogens is 1. The molecular weight excluding hydrogens is 428 g/mol. The summed E-state index contributed by atoms with van der Waals surface area (Å²) in [5, 5.41) is 12.3. The highest BCUT2D eigenvalue weighted by Gasteiger charge is 2.25. The molecular formula is C23H26N4O4S. The molecule has 0 saturated carbocycles. The van der Waals surface area contributed by atoms with E-state index in [1.165, 1.54) is 10.8 Å². The van der Waals surface area contributed by atoms with E-state index in [0.29, 0.717) is 31.6 Å². The summed E-state index contributed by atoms with van der Waals surface area (Å²) in [7, 11) is 0. The van der Waals surface area contributed by atoms with Gasteiger partial charge in [-0.1, -0.05) is 18.2 Å². The van der Waals surface area contributed by atoms with Gasteiger partial charge in [0.25, 0.3) is 11.5 Å². The van der Waals surface area contributed by atoms with Crippen LogP contribution in [0.1, 0.15) is 39.5 Å². The van der Waals surface area contributed by atoms with Gasteiger partial charge in [-0.3, -0.25) is 14.4 Å². The topological polar surface area (TPSA) is 115 Å². The number of allylic oxidation sites excluding steroid dienone is 1. The maximum Gasteiger partial charge on any atom is 0.261 e. The second-order valence-electron chi connectivity index (χ2n) is 7.27. The summed E-state index contributed by atoms with van der Waals surface area (Å²) >= 11 is 1.74. The highest BCUT2D eigenvalue weighted by Crippen LogP contribution is 2.22. The van der Waals surface area contributed by atoms with Gasteiger partial charge in [0, 0.05) is 25.2 Å². The standard InChI is InChI=1S/C15H19N3O4.C8H7NS/c1-2-3-4-13(20)18-8-10-7-11(14(21)16-5-6-19)15(22)17-12(10)9-18;1-6-9-7-4-2-3-5-8(7)10-6/h2,7,19H,1,3-6,8-9H2,(H,16,21)(H,17,22);2-5H,1H3. The first-order chi connectivity index (χ1) is 15.4. The Bertz CT molecular complexity index is 1150. The molecule has 0 spiro atoms. The van der Waals surface area contributed by atoms with Crippen molar-refractivity contribution in [1.29, 1.82) is 0 Å². The molecule has 0 unspecified atom stereocenters. The van der Waals surface area contributed by atoms with E-state index >= 15 is 0 Å². The lowest BCUT2D eigenvalue weighted by molar-refractivity contribution is -0.131. The summed E-state index contributed by atoms with van der Waals surface area (Å²) in [5.74, 6) is -0.544. The number of carbonyl (C=O) groups is 2. The van der Waals surface area contributed by atoms with E-state index in [-0.39, 0.29) is 24.6 Å². The van der Waals surface area contributed by atoms with Crippen molar-refractivity contribution in [3.8, 4) is 0 Å². The molecule has 1 aliphatic heterocycles. The molecule has 1 aliphatic rings. The number of carbonyl (C=O) groups excluding carboxylic acids is 2. The summed E-state index contributed by atoms with van der Waals surface area (Å²) < 4.78 is 1.28. The molecule has 0 fully saturated rings. The van der Waals surface area contributed by atoms with Crippen LogP contribution >= 0.6 is 11.3 Å². The summed E-state index contributed by atoms with van der Waals surface area (Å²) in [4.78, 5) is 44.4. The predicted molar refractivity (Wildman–Crippen MR) is 125 cm³/mol. The van der Waals surface area contributed by atoms with Crippen molar-refractivity contribution in [1.82, 2.24) is 20.2 Å². The van der Waals surface area contributed by atoms with Gasteiger partial charge in [0.15, 0.2) is 0 Å². The van der Waals surface area contributed by atoms with Crippen LogP contribution in [0.5, 0.6) is 0 Å². The molecule has 2 aromatic heterocycles. The van der Waals surface area contributed by atoms with E-state index in [0.717, 1.165) is 16.1 Å². The van der Waals surface area contributed by atoms with Crippen molar-refractivity contribution < 1.29 is 14.7 Å². The summed E-state index contributed by atoms with van der Waals surface area (Å²) in [6.07, 6.45) is 2.68. The number of benzene rings is 1. The highest BCUT2D eigenvalue weighted by molar-refractivity contribution is 7.18. The second-order valence-corrected chi connectivity index (χ2v) is 8.51. The van der Waals surface area contributed by atoms with Gasteiger partial charge in [0.2, 0.25) is 5.91 Å². The van der Waals surface area contributed by atoms with Gasteiger partial charge in [0.05, 0.1) is 28.4 Å². The van der Waals surface area contributed by atoms with Crippen molar-refractivity contribution in [2.24, 2.45) is 0 Å². The molecule has 3 aromatic rings. The van der Waals surface area contributed by atoms with Crippen LogP contribution in [0.4, 0.5) is 0 Å². The van der Waals surface area contributed by atoms with Crippen molar-refractivity contribution >= 4 is 33.4 Å². The normalized spacial score (nSPS) is 12.1. The number of aromatic amines is 1. The summed E-state index contributed by atoms with van der Waals surface area (Å²) in [5.41, 5.74) is 2.04. The Balaban J connectivity index is 0.000000238. The first-order valence-corrected chi connectivity index (χ1v) is 11.1. The van der Waals surface area contributed by atoms with Crippen molar-refractivity contribution in [3.63, 3.8) is 0 Å². The molecule has 32 heavy (non-hydrogen) atoms. The third-order valence-electron chi connectivity index (χ3n) is 4.88. The third-order valence-corrected chi connectivity index (χ3v) is 5.84. The molecule has 1 aromatic carbocycles. The quantitative estimate of drug-likeness (QED) is 0.495. The number of para-hydroxylation sites is 1. The number of nitrogens with one attached hydrogen (secondary N) is 2. The van der Waals surface area contributed by atoms with Gasteiger partial charge in [-0.05, 0) is 37.1 Å². The molecule has 0 atom stereocenters. The van der Waals surface area contributed by atoms with Crippen LogP contribution < -0.4 is 10.9 Å². The van der Waals surface area contributed by atoms with Crippen molar-refractivity contribution in [2.45, 2.75) is 32.9 Å². The molecule has 0 radical (unpaired) electrons. The Kier molecular flexibility index (Phi) is 7.91. The number of aliphatic hydroxyl groups is 1. The van der Waals surface area contributed by atoms with Crippen molar-refractivity contribution in [3.05, 3.63) is 75.2 Å². The van der Waals surface area contributed by atoms with Crippen LogP contribution in [0.3, 0.4) is 0 Å². The zero-order valence-corrected chi connectivity index (χ0v) is 18.7. The lowest BCUT2D eigenvalue weighted by atomic mass is 10.1. The van der Waals surface area contributed by atoms with Gasteiger partial charge in [0.1, 0.15) is 5.56 Å². The Morgan fingerprint density at radius 3 is 2.84 bits per heavy atom. The van der Waals surface area contributed by atoms with E-state index in [9.17, 15) is 14.4 Å². The molecule has 0 bridgehead atoms. The molecule has 3 N–H and O–H groups in total. The average Bonchev–Trinajstić information content (AvgIpc) is 3.37. The Morgan fingerprint density at radius 1 is 1.34 bits per heavy atom. The Labute approximate surface area is 189 Å². The van der Waals surface area contributed by atoms with Gasteiger partial charge in [-0.25, -0.2) is 4.98 Å². The number of hydrogen-bond donors (Lipinski definition) is 3. The minimum atomic E-state index is -0.533. The molecule has 0 saturated heterocycles. The molecule has 0 aliphatic carbocycles. The number of aliphatic hydroxyl groups excluding tert-OH is 1. The van der Waals surface area contributed by atoms with E-state index in [2.05, 4.69) is 27.9 Å². The molecule has 8 nitrogen and oxygen atoms in total. The number of thiazole rings is 1. The highest BCUT2D eigenvalue weighted by atomic mass is 32.1. The number of nitrogens with zero attached hydrogens (tertiary/aromatic N) is 2. The smallest absolute Gasteiger partial charge is 0.261 e. The molecule has 4 rings (SSSR count). The number of amides is 2. The van der Waals surface area contributed by atoms with E-state index in [4.69, 9.17) is 5.11 Å². The van der Waals surface area contributed by atoms with Gasteiger partial charge < -0.3 is 20.3 Å². The predicted octanol–water partition coefficient (Wildman–Crippen LogP) is 2.51. The Morgan fingerprint density at radius 2 is 2.12 bits per heavy atom. The van der Waals surface area contributed by atoms with Crippen LogP contribution in [-0.4, -0.2) is 44.9 Å². The second kappa shape index (κ2) is 10.8. The van der Waals surface area contributed by atoms with Crippen molar-refractivity contribution in [2.75, 3.05) is 13.2 Å². The fourth-order valence-electron chi connectivity index (χ4n) is 3.33. The molecule has 3 heterocycles. The zero-order chi connectivity index (χ0) is 23.1. The van der Waals surface area contributed by atoms with Crippen LogP contribution in [0, 0.1) is 6.92 Å². The number of pyridine rings is 1. The summed E-state index contributed by atoms with van der Waals surface area (Å²) in [6.45, 7) is 6.23. The maximum atomic E-state index is 12.0. The number of aromatic nitrogens is 2. The fourth-order valence-corrected chi connectivity index (χ4v) is 4.15. The average molecular weight is 455 g/mol. The number of aryl methyl sites for hydroxylation is 1. The van der Waals surface area contributed by atoms with Crippen LogP contribution in [0.25, 0.3) is 10.2 Å². The zero-order valence-electron chi connectivity index (χ0n) is 17.9. The molecule has 2 amide bonds. The molecule has 168 valence electrons. The number of fused-ring (bicyclic) bond motifs is 2. The number of rotatable bonds is 6. The lowest BCUT2D eigenvalue weighted by Gasteiger charge is -2.14. The minimum absolute atomic E-state index is 0.00686. The Hall–Kier alpha value is -3.30. The van der Waals surface area contributed by atoms with Crippen LogP contribution in [0.15, 0.2) is 47.8 Å². The monoisotopic (exact) mass is 454 g/mol. The first-order valence-electron chi connectivity index (χ1n) is 10.3. The van der Waals surface area contributed by atoms with Crippen LogP contribution in [-0.2, 0) is 17.9 Å².